The standard InChI is InChI=1S/C23H33N5O2/c1-5-24-23(27(4)17-21(29)28(6-2)7-3)26-16-20-14-11-15-25-22(20)30-18-19-12-9-8-10-13-19/h8-15H,5-7,16-18H2,1-4H3,(H,24,26). The van der Waals surface area contributed by atoms with Gasteiger partial charge < -0.3 is 19.9 Å². The topological polar surface area (TPSA) is 70.1 Å². The van der Waals surface area contributed by atoms with E-state index in [4.69, 9.17) is 9.73 Å². The zero-order valence-electron chi connectivity index (χ0n) is 18.5. The number of benzene rings is 1. The highest BCUT2D eigenvalue weighted by Gasteiger charge is 2.15. The van der Waals surface area contributed by atoms with Gasteiger partial charge in [0.05, 0.1) is 13.1 Å². The summed E-state index contributed by atoms with van der Waals surface area (Å²) in [5.41, 5.74) is 1.98. The molecule has 2 aromatic rings. The first-order chi connectivity index (χ1) is 14.6. The maximum absolute atomic E-state index is 12.4. The van der Waals surface area contributed by atoms with E-state index in [9.17, 15) is 4.79 Å². The molecule has 1 amide bonds. The van der Waals surface area contributed by atoms with Crippen LogP contribution in [0.4, 0.5) is 0 Å². The maximum Gasteiger partial charge on any atom is 0.242 e. The molecule has 0 spiro atoms. The van der Waals surface area contributed by atoms with E-state index in [1.54, 1.807) is 6.20 Å². The molecule has 0 radical (unpaired) electrons. The van der Waals surface area contributed by atoms with E-state index in [-0.39, 0.29) is 12.5 Å². The second-order valence-corrected chi connectivity index (χ2v) is 6.83. The summed E-state index contributed by atoms with van der Waals surface area (Å²) in [6, 6.07) is 13.8. The molecule has 0 aliphatic carbocycles. The molecule has 162 valence electrons. The van der Waals surface area contributed by atoms with E-state index in [0.29, 0.717) is 44.6 Å². The van der Waals surface area contributed by atoms with E-state index in [0.717, 1.165) is 11.1 Å². The Kier molecular flexibility index (Phi) is 9.64. The third-order valence-electron chi connectivity index (χ3n) is 4.65. The molecule has 7 heteroatoms. The Labute approximate surface area is 179 Å². The molecule has 0 fully saturated rings. The summed E-state index contributed by atoms with van der Waals surface area (Å²) >= 11 is 0. The Morgan fingerprint density at radius 2 is 1.83 bits per heavy atom. The van der Waals surface area contributed by atoms with E-state index < -0.39 is 0 Å². The third kappa shape index (κ3) is 7.06. The number of nitrogens with zero attached hydrogens (tertiary/aromatic N) is 4. The van der Waals surface area contributed by atoms with Gasteiger partial charge in [0, 0.05) is 38.4 Å². The van der Waals surface area contributed by atoms with Crippen molar-refractivity contribution in [2.24, 2.45) is 4.99 Å². The van der Waals surface area contributed by atoms with Gasteiger partial charge in [0.2, 0.25) is 11.8 Å². The van der Waals surface area contributed by atoms with Gasteiger partial charge in [0.1, 0.15) is 6.61 Å². The molecule has 0 atom stereocenters. The van der Waals surface area contributed by atoms with Crippen molar-refractivity contribution in [3.05, 3.63) is 59.8 Å². The molecule has 7 nitrogen and oxygen atoms in total. The number of aliphatic imine (C=N–C) groups is 1. The van der Waals surface area contributed by atoms with Crippen LogP contribution >= 0.6 is 0 Å². The highest BCUT2D eigenvalue weighted by molar-refractivity contribution is 5.86. The van der Waals surface area contributed by atoms with Crippen molar-refractivity contribution in [2.75, 3.05) is 33.2 Å². The summed E-state index contributed by atoms with van der Waals surface area (Å²) in [6.07, 6.45) is 1.72. The third-order valence-corrected chi connectivity index (χ3v) is 4.65. The highest BCUT2D eigenvalue weighted by atomic mass is 16.5. The molecule has 0 saturated carbocycles. The van der Waals surface area contributed by atoms with Crippen molar-refractivity contribution in [3.63, 3.8) is 0 Å². The fourth-order valence-electron chi connectivity index (χ4n) is 2.98. The van der Waals surface area contributed by atoms with Crippen molar-refractivity contribution < 1.29 is 9.53 Å². The first-order valence-corrected chi connectivity index (χ1v) is 10.5. The SMILES string of the molecule is CCNC(=NCc1cccnc1OCc1ccccc1)N(C)CC(=O)N(CC)CC. The Morgan fingerprint density at radius 1 is 1.10 bits per heavy atom. The predicted molar refractivity (Wildman–Crippen MR) is 120 cm³/mol. The van der Waals surface area contributed by atoms with Crippen LogP contribution in [-0.4, -0.2) is 59.9 Å². The average molecular weight is 412 g/mol. The number of guanidine groups is 1. The zero-order valence-corrected chi connectivity index (χ0v) is 18.5. The minimum Gasteiger partial charge on any atom is -0.473 e. The second kappa shape index (κ2) is 12.5. The first-order valence-electron chi connectivity index (χ1n) is 10.5. The first kappa shape index (κ1) is 23.2. The van der Waals surface area contributed by atoms with Crippen molar-refractivity contribution in [1.82, 2.24) is 20.1 Å². The Morgan fingerprint density at radius 3 is 2.50 bits per heavy atom. The van der Waals surface area contributed by atoms with Crippen LogP contribution in [0.1, 0.15) is 31.9 Å². The number of carbonyl (C=O) groups is 1. The number of hydrogen-bond donors (Lipinski definition) is 1. The number of amides is 1. The number of hydrogen-bond acceptors (Lipinski definition) is 4. The molecule has 1 heterocycles. The summed E-state index contributed by atoms with van der Waals surface area (Å²) in [5.74, 6) is 1.33. The number of pyridine rings is 1. The smallest absolute Gasteiger partial charge is 0.242 e. The van der Waals surface area contributed by atoms with Gasteiger partial charge in [-0.05, 0) is 32.4 Å². The van der Waals surface area contributed by atoms with Gasteiger partial charge >= 0.3 is 0 Å². The van der Waals surface area contributed by atoms with Crippen LogP contribution in [0.3, 0.4) is 0 Å². The van der Waals surface area contributed by atoms with Crippen LogP contribution in [-0.2, 0) is 17.9 Å². The molecule has 0 saturated heterocycles. The number of nitrogens with one attached hydrogen (secondary N) is 1. The number of aromatic nitrogens is 1. The molecule has 0 aliphatic rings. The molecule has 1 aromatic heterocycles. The number of likely N-dealkylation sites (N-methyl/N-ethyl adjacent to an activating group) is 2. The molecule has 2 rings (SSSR count). The van der Waals surface area contributed by atoms with E-state index in [1.807, 2.05) is 80.1 Å². The molecule has 0 aliphatic heterocycles. The number of ether oxygens (including phenoxy) is 1. The maximum atomic E-state index is 12.4. The van der Waals surface area contributed by atoms with E-state index in [2.05, 4.69) is 10.3 Å². The number of rotatable bonds is 10. The molecule has 30 heavy (non-hydrogen) atoms. The van der Waals surface area contributed by atoms with Crippen LogP contribution < -0.4 is 10.1 Å². The molecule has 1 aromatic carbocycles. The summed E-state index contributed by atoms with van der Waals surface area (Å²) < 4.78 is 5.93. The fraction of sp³-hybridized carbons (Fsp3) is 0.435. The van der Waals surface area contributed by atoms with Crippen molar-refractivity contribution in [1.29, 1.82) is 0 Å². The molecule has 0 unspecified atom stereocenters. The van der Waals surface area contributed by atoms with Gasteiger partial charge in [0.25, 0.3) is 0 Å². The van der Waals surface area contributed by atoms with Crippen LogP contribution in [0, 0.1) is 0 Å². The second-order valence-electron chi connectivity index (χ2n) is 6.83. The highest BCUT2D eigenvalue weighted by Crippen LogP contribution is 2.17. The molecule has 0 bridgehead atoms. The van der Waals surface area contributed by atoms with Gasteiger partial charge in [-0.2, -0.15) is 0 Å². The van der Waals surface area contributed by atoms with Gasteiger partial charge in [-0.1, -0.05) is 36.4 Å². The molecular weight excluding hydrogens is 378 g/mol. The van der Waals surface area contributed by atoms with Gasteiger partial charge in [0.15, 0.2) is 5.96 Å². The summed E-state index contributed by atoms with van der Waals surface area (Å²) in [6.45, 7) is 9.24. The lowest BCUT2D eigenvalue weighted by Gasteiger charge is -2.25. The van der Waals surface area contributed by atoms with Gasteiger partial charge in [-0.25, -0.2) is 9.98 Å². The fourth-order valence-corrected chi connectivity index (χ4v) is 2.98. The Hall–Kier alpha value is -3.09. The quantitative estimate of drug-likeness (QED) is 0.481. The lowest BCUT2D eigenvalue weighted by atomic mass is 10.2. The minimum atomic E-state index is 0.0846. The minimum absolute atomic E-state index is 0.0846. The van der Waals surface area contributed by atoms with E-state index >= 15 is 0 Å². The van der Waals surface area contributed by atoms with Gasteiger partial charge in [-0.15, -0.1) is 0 Å². The lowest BCUT2D eigenvalue weighted by Crippen LogP contribution is -2.45. The van der Waals surface area contributed by atoms with Crippen molar-refractivity contribution >= 4 is 11.9 Å². The normalized spacial score (nSPS) is 11.1. The largest absolute Gasteiger partial charge is 0.473 e. The summed E-state index contributed by atoms with van der Waals surface area (Å²) in [7, 11) is 1.87. The molecular formula is C23H33N5O2. The Balaban J connectivity index is 2.07. The van der Waals surface area contributed by atoms with E-state index in [1.165, 1.54) is 0 Å². The van der Waals surface area contributed by atoms with Crippen LogP contribution in [0.5, 0.6) is 5.88 Å². The lowest BCUT2D eigenvalue weighted by molar-refractivity contribution is -0.131. The van der Waals surface area contributed by atoms with Crippen molar-refractivity contribution in [3.8, 4) is 5.88 Å². The van der Waals surface area contributed by atoms with Crippen LogP contribution in [0.25, 0.3) is 0 Å². The summed E-state index contributed by atoms with van der Waals surface area (Å²) in [5, 5.41) is 3.25. The summed E-state index contributed by atoms with van der Waals surface area (Å²) in [4.78, 5) is 25.2. The van der Waals surface area contributed by atoms with Crippen LogP contribution in [0.2, 0.25) is 0 Å². The average Bonchev–Trinajstić information content (AvgIpc) is 2.77. The molecule has 1 N–H and O–H groups in total. The Bertz CT molecular complexity index is 806. The van der Waals surface area contributed by atoms with Gasteiger partial charge in [-0.3, -0.25) is 4.79 Å². The number of carbonyl (C=O) groups excluding carboxylic acids is 1. The van der Waals surface area contributed by atoms with Crippen LogP contribution in [0.15, 0.2) is 53.7 Å². The monoisotopic (exact) mass is 411 g/mol. The van der Waals surface area contributed by atoms with Crippen molar-refractivity contribution in [2.45, 2.75) is 33.9 Å². The predicted octanol–water partition coefficient (Wildman–Crippen LogP) is 2.93. The zero-order chi connectivity index (χ0) is 21.8.